The highest BCUT2D eigenvalue weighted by Gasteiger charge is 2.09. The van der Waals surface area contributed by atoms with Crippen molar-refractivity contribution < 1.29 is 0 Å². The SMILES string of the molecule is CN(Cc1cccc(Cl)c1)c1nc(N)ncc1Cl. The maximum absolute atomic E-state index is 6.04. The summed E-state index contributed by atoms with van der Waals surface area (Å²) < 4.78 is 0. The Hall–Kier alpha value is -1.52. The van der Waals surface area contributed by atoms with Gasteiger partial charge in [0.25, 0.3) is 0 Å². The van der Waals surface area contributed by atoms with Crippen LogP contribution >= 0.6 is 23.2 Å². The van der Waals surface area contributed by atoms with Crippen molar-refractivity contribution in [3.8, 4) is 0 Å². The van der Waals surface area contributed by atoms with E-state index in [4.69, 9.17) is 28.9 Å². The number of halogens is 2. The number of hydrogen-bond acceptors (Lipinski definition) is 4. The maximum Gasteiger partial charge on any atom is 0.222 e. The number of benzene rings is 1. The summed E-state index contributed by atoms with van der Waals surface area (Å²) in [6.07, 6.45) is 1.49. The van der Waals surface area contributed by atoms with Crippen LogP contribution in [-0.2, 0) is 6.54 Å². The van der Waals surface area contributed by atoms with E-state index in [1.807, 2.05) is 36.2 Å². The first-order valence-electron chi connectivity index (χ1n) is 5.30. The van der Waals surface area contributed by atoms with Crippen molar-refractivity contribution in [2.45, 2.75) is 6.54 Å². The van der Waals surface area contributed by atoms with Crippen LogP contribution < -0.4 is 10.6 Å². The fraction of sp³-hybridized carbons (Fsp3) is 0.167. The predicted molar refractivity (Wildman–Crippen MR) is 75.0 cm³/mol. The van der Waals surface area contributed by atoms with Gasteiger partial charge in [-0.25, -0.2) is 4.98 Å². The van der Waals surface area contributed by atoms with E-state index in [9.17, 15) is 0 Å². The van der Waals surface area contributed by atoms with Crippen LogP contribution in [0.3, 0.4) is 0 Å². The van der Waals surface area contributed by atoms with Crippen LogP contribution in [0.15, 0.2) is 30.5 Å². The number of anilines is 2. The van der Waals surface area contributed by atoms with Crippen LogP contribution in [0, 0.1) is 0 Å². The van der Waals surface area contributed by atoms with Crippen LogP contribution in [0.25, 0.3) is 0 Å². The molecule has 2 aromatic rings. The van der Waals surface area contributed by atoms with Crippen molar-refractivity contribution in [1.29, 1.82) is 0 Å². The van der Waals surface area contributed by atoms with Crippen molar-refractivity contribution in [3.05, 3.63) is 46.1 Å². The number of nitrogens with two attached hydrogens (primary N) is 1. The fourth-order valence-corrected chi connectivity index (χ4v) is 2.07. The summed E-state index contributed by atoms with van der Waals surface area (Å²) in [5.41, 5.74) is 6.62. The molecule has 2 rings (SSSR count). The summed E-state index contributed by atoms with van der Waals surface area (Å²) in [6, 6.07) is 7.62. The number of aromatic nitrogens is 2. The lowest BCUT2D eigenvalue weighted by Gasteiger charge is -2.19. The fourth-order valence-electron chi connectivity index (χ4n) is 1.62. The number of hydrogen-bond donors (Lipinski definition) is 1. The Morgan fingerprint density at radius 3 is 2.83 bits per heavy atom. The minimum Gasteiger partial charge on any atom is -0.368 e. The molecule has 6 heteroatoms. The Labute approximate surface area is 115 Å². The van der Waals surface area contributed by atoms with Crippen molar-refractivity contribution in [3.63, 3.8) is 0 Å². The maximum atomic E-state index is 6.04. The molecule has 0 saturated carbocycles. The Balaban J connectivity index is 2.21. The molecule has 0 aliphatic carbocycles. The molecule has 18 heavy (non-hydrogen) atoms. The zero-order valence-electron chi connectivity index (χ0n) is 9.77. The van der Waals surface area contributed by atoms with Gasteiger partial charge in [0, 0.05) is 18.6 Å². The average molecular weight is 283 g/mol. The molecule has 4 nitrogen and oxygen atoms in total. The van der Waals surface area contributed by atoms with Crippen LogP contribution in [0.2, 0.25) is 10.0 Å². The highest BCUT2D eigenvalue weighted by Crippen LogP contribution is 2.23. The van der Waals surface area contributed by atoms with Gasteiger partial charge in [-0.2, -0.15) is 4.98 Å². The van der Waals surface area contributed by atoms with Gasteiger partial charge >= 0.3 is 0 Å². The molecule has 1 heterocycles. The number of nitrogens with zero attached hydrogens (tertiary/aromatic N) is 3. The second-order valence-corrected chi connectivity index (χ2v) is 4.73. The molecular formula is C12H12Cl2N4. The lowest BCUT2D eigenvalue weighted by atomic mass is 10.2. The zero-order valence-corrected chi connectivity index (χ0v) is 11.3. The van der Waals surface area contributed by atoms with E-state index in [0.29, 0.717) is 22.4 Å². The van der Waals surface area contributed by atoms with E-state index >= 15 is 0 Å². The minimum atomic E-state index is 0.201. The molecule has 0 aliphatic rings. The molecule has 0 amide bonds. The van der Waals surface area contributed by atoms with Crippen molar-refractivity contribution >= 4 is 35.0 Å². The Kier molecular flexibility index (Phi) is 3.89. The Morgan fingerprint density at radius 2 is 2.11 bits per heavy atom. The molecule has 0 radical (unpaired) electrons. The van der Waals surface area contributed by atoms with E-state index in [1.165, 1.54) is 6.20 Å². The molecule has 0 atom stereocenters. The van der Waals surface area contributed by atoms with Gasteiger partial charge in [0.2, 0.25) is 5.95 Å². The summed E-state index contributed by atoms with van der Waals surface area (Å²) in [6.45, 7) is 0.636. The van der Waals surface area contributed by atoms with Gasteiger partial charge in [-0.3, -0.25) is 0 Å². The highest BCUT2D eigenvalue weighted by atomic mass is 35.5. The molecule has 1 aromatic carbocycles. The topological polar surface area (TPSA) is 55.0 Å². The first kappa shape index (κ1) is 12.9. The largest absolute Gasteiger partial charge is 0.368 e. The lowest BCUT2D eigenvalue weighted by Crippen LogP contribution is -2.19. The van der Waals surface area contributed by atoms with Gasteiger partial charge in [-0.05, 0) is 17.7 Å². The van der Waals surface area contributed by atoms with Gasteiger partial charge in [-0.1, -0.05) is 35.3 Å². The molecule has 0 saturated heterocycles. The predicted octanol–water partition coefficient (Wildman–Crippen LogP) is 3.00. The Morgan fingerprint density at radius 1 is 1.33 bits per heavy atom. The van der Waals surface area contributed by atoms with Crippen molar-refractivity contribution in [1.82, 2.24) is 9.97 Å². The van der Waals surface area contributed by atoms with E-state index in [1.54, 1.807) is 0 Å². The molecule has 0 fully saturated rings. The third-order valence-electron chi connectivity index (χ3n) is 2.41. The zero-order chi connectivity index (χ0) is 13.1. The third kappa shape index (κ3) is 3.03. The molecular weight excluding hydrogens is 271 g/mol. The van der Waals surface area contributed by atoms with Crippen LogP contribution in [0.4, 0.5) is 11.8 Å². The second kappa shape index (κ2) is 5.42. The lowest BCUT2D eigenvalue weighted by molar-refractivity contribution is 0.894. The minimum absolute atomic E-state index is 0.201. The first-order valence-corrected chi connectivity index (χ1v) is 6.05. The summed E-state index contributed by atoms with van der Waals surface area (Å²) >= 11 is 12.0. The van der Waals surface area contributed by atoms with Gasteiger partial charge in [0.15, 0.2) is 5.82 Å². The van der Waals surface area contributed by atoms with E-state index in [2.05, 4.69) is 9.97 Å². The van der Waals surface area contributed by atoms with Gasteiger partial charge in [0.05, 0.1) is 6.20 Å². The quantitative estimate of drug-likeness (QED) is 0.940. The molecule has 94 valence electrons. The number of nitrogen functional groups attached to an aromatic ring is 1. The van der Waals surface area contributed by atoms with E-state index < -0.39 is 0 Å². The molecule has 1 aromatic heterocycles. The normalized spacial score (nSPS) is 10.4. The summed E-state index contributed by atoms with van der Waals surface area (Å²) in [7, 11) is 1.88. The summed E-state index contributed by atoms with van der Waals surface area (Å²) in [5, 5.41) is 1.17. The molecule has 0 bridgehead atoms. The average Bonchev–Trinajstić information content (AvgIpc) is 2.32. The molecule has 2 N–H and O–H groups in total. The van der Waals surface area contributed by atoms with E-state index in [0.717, 1.165) is 5.56 Å². The molecule has 0 spiro atoms. The van der Waals surface area contributed by atoms with Crippen LogP contribution in [0.5, 0.6) is 0 Å². The third-order valence-corrected chi connectivity index (χ3v) is 2.92. The smallest absolute Gasteiger partial charge is 0.222 e. The van der Waals surface area contributed by atoms with Crippen molar-refractivity contribution in [2.75, 3.05) is 17.7 Å². The standard InChI is InChI=1S/C12H12Cl2N4/c1-18(7-8-3-2-4-9(13)5-8)11-10(14)6-16-12(15)17-11/h2-6H,7H2,1H3,(H2,15,16,17). The summed E-state index contributed by atoms with van der Waals surface area (Å²) in [5.74, 6) is 0.802. The van der Waals surface area contributed by atoms with Gasteiger partial charge in [0.1, 0.15) is 5.02 Å². The van der Waals surface area contributed by atoms with Gasteiger partial charge < -0.3 is 10.6 Å². The van der Waals surface area contributed by atoms with Crippen molar-refractivity contribution in [2.24, 2.45) is 0 Å². The molecule has 0 aliphatic heterocycles. The number of rotatable bonds is 3. The monoisotopic (exact) mass is 282 g/mol. The van der Waals surface area contributed by atoms with Crippen LogP contribution in [-0.4, -0.2) is 17.0 Å². The Bertz CT molecular complexity index is 560. The summed E-state index contributed by atoms with van der Waals surface area (Å²) in [4.78, 5) is 9.84. The second-order valence-electron chi connectivity index (χ2n) is 3.89. The first-order chi connectivity index (χ1) is 8.56. The van der Waals surface area contributed by atoms with E-state index in [-0.39, 0.29) is 5.95 Å². The highest BCUT2D eigenvalue weighted by molar-refractivity contribution is 6.32. The molecule has 0 unspecified atom stereocenters. The van der Waals surface area contributed by atoms with Gasteiger partial charge in [-0.15, -0.1) is 0 Å². The van der Waals surface area contributed by atoms with Crippen LogP contribution in [0.1, 0.15) is 5.56 Å².